The molecule has 0 aliphatic heterocycles. The Labute approximate surface area is 158 Å². The Morgan fingerprint density at radius 3 is 2.46 bits per heavy atom. The first-order valence-corrected chi connectivity index (χ1v) is 9.93. The fourth-order valence-corrected chi connectivity index (χ4v) is 3.93. The molecule has 1 N–H and O–H groups in total. The van der Waals surface area contributed by atoms with E-state index in [-0.39, 0.29) is 11.7 Å². The number of carbonyl (C=O) groups excluding carboxylic acids is 1. The Kier molecular flexibility index (Phi) is 6.39. The summed E-state index contributed by atoms with van der Waals surface area (Å²) in [5, 5.41) is 4.95. The van der Waals surface area contributed by atoms with Gasteiger partial charge in [0.15, 0.2) is 5.16 Å². The van der Waals surface area contributed by atoms with E-state index in [9.17, 15) is 4.79 Å². The molecule has 1 heterocycles. The lowest BCUT2D eigenvalue weighted by Gasteiger charge is -2.23. The Bertz CT molecular complexity index is 761. The number of thioether (sulfide) groups is 1. The molecule has 0 unspecified atom stereocenters. The first-order valence-electron chi connectivity index (χ1n) is 8.94. The van der Waals surface area contributed by atoms with Gasteiger partial charge in [-0.1, -0.05) is 42.1 Å². The average molecular weight is 369 g/mol. The van der Waals surface area contributed by atoms with Crippen LogP contribution in [0.4, 0.5) is 0 Å². The summed E-state index contributed by atoms with van der Waals surface area (Å²) in [6.07, 6.45) is 4.05. The lowest BCUT2D eigenvalue weighted by atomic mass is 9.83. The molecule has 0 radical (unpaired) electrons. The highest BCUT2D eigenvalue weighted by Crippen LogP contribution is 2.31. The summed E-state index contributed by atoms with van der Waals surface area (Å²) in [5.41, 5.74) is 6.99. The predicted octanol–water partition coefficient (Wildman–Crippen LogP) is 4.02. The van der Waals surface area contributed by atoms with Crippen molar-refractivity contribution in [1.29, 1.82) is 0 Å². The monoisotopic (exact) mass is 368 g/mol. The number of benzene rings is 1. The zero-order valence-corrected chi connectivity index (χ0v) is 16.1. The van der Waals surface area contributed by atoms with Gasteiger partial charge in [0.25, 0.3) is 5.91 Å². The highest BCUT2D eigenvalue weighted by molar-refractivity contribution is 7.99. The van der Waals surface area contributed by atoms with Crippen molar-refractivity contribution < 1.29 is 4.79 Å². The third-order valence-corrected chi connectivity index (χ3v) is 5.31. The van der Waals surface area contributed by atoms with E-state index in [4.69, 9.17) is 0 Å². The van der Waals surface area contributed by atoms with Gasteiger partial charge in [0, 0.05) is 17.1 Å². The van der Waals surface area contributed by atoms with Crippen LogP contribution in [0.2, 0.25) is 0 Å². The number of amides is 1. The summed E-state index contributed by atoms with van der Waals surface area (Å²) in [6, 6.07) is 12.5. The maximum absolute atomic E-state index is 12.0. The van der Waals surface area contributed by atoms with E-state index < -0.39 is 0 Å². The molecular weight excluding hydrogens is 344 g/mol. The van der Waals surface area contributed by atoms with E-state index in [0.717, 1.165) is 42.8 Å². The van der Waals surface area contributed by atoms with E-state index in [1.807, 2.05) is 19.9 Å². The van der Waals surface area contributed by atoms with Crippen molar-refractivity contribution in [2.45, 2.75) is 50.6 Å². The van der Waals surface area contributed by atoms with Crippen LogP contribution in [0.15, 0.2) is 46.7 Å². The van der Waals surface area contributed by atoms with E-state index in [1.165, 1.54) is 17.3 Å². The fraction of sp³-hybridized carbons (Fsp3) is 0.400. The topological polar surface area (TPSA) is 67.2 Å². The van der Waals surface area contributed by atoms with Gasteiger partial charge >= 0.3 is 0 Å². The highest BCUT2D eigenvalue weighted by Gasteiger charge is 2.19. The minimum Gasteiger partial charge on any atom is -0.272 e. The lowest BCUT2D eigenvalue weighted by molar-refractivity contribution is -0.118. The largest absolute Gasteiger partial charge is 0.272 e. The minimum absolute atomic E-state index is 0.115. The third kappa shape index (κ3) is 5.39. The van der Waals surface area contributed by atoms with Crippen LogP contribution in [0.25, 0.3) is 0 Å². The predicted molar refractivity (Wildman–Crippen MR) is 105 cm³/mol. The van der Waals surface area contributed by atoms with Gasteiger partial charge in [-0.2, -0.15) is 5.10 Å². The van der Waals surface area contributed by atoms with Gasteiger partial charge in [-0.25, -0.2) is 15.4 Å². The fourth-order valence-electron chi connectivity index (χ4n) is 3.18. The number of nitrogens with zero attached hydrogens (tertiary/aromatic N) is 3. The quantitative estimate of drug-likeness (QED) is 0.492. The highest BCUT2D eigenvalue weighted by atomic mass is 32.2. The first-order chi connectivity index (χ1) is 12.6. The third-order valence-electron chi connectivity index (χ3n) is 4.47. The molecule has 1 aromatic heterocycles. The van der Waals surface area contributed by atoms with Crippen LogP contribution < -0.4 is 5.43 Å². The average Bonchev–Trinajstić information content (AvgIpc) is 2.65. The summed E-state index contributed by atoms with van der Waals surface area (Å²) in [4.78, 5) is 20.7. The first kappa shape index (κ1) is 18.6. The number of carbonyl (C=O) groups is 1. The molecule has 5 nitrogen and oxygen atoms in total. The SMILES string of the molecule is Cc1cc(C)nc(SCC(=O)NN=C2CCC(c3ccccc3)CC2)n1. The van der Waals surface area contributed by atoms with Crippen molar-refractivity contribution in [2.75, 3.05) is 5.75 Å². The molecule has 0 atom stereocenters. The molecule has 2 aromatic rings. The zero-order chi connectivity index (χ0) is 18.4. The summed E-state index contributed by atoms with van der Waals surface area (Å²) < 4.78 is 0. The van der Waals surface area contributed by atoms with Gasteiger partial charge in [-0.15, -0.1) is 0 Å². The van der Waals surface area contributed by atoms with E-state index >= 15 is 0 Å². The van der Waals surface area contributed by atoms with Gasteiger partial charge in [0.1, 0.15) is 0 Å². The molecule has 1 aromatic carbocycles. The molecule has 0 spiro atoms. The van der Waals surface area contributed by atoms with Crippen molar-refractivity contribution in [3.63, 3.8) is 0 Å². The molecule has 1 aliphatic rings. The molecule has 1 saturated carbocycles. The smallest absolute Gasteiger partial charge is 0.250 e. The van der Waals surface area contributed by atoms with Crippen molar-refractivity contribution >= 4 is 23.4 Å². The normalized spacial score (nSPS) is 17.0. The summed E-state index contributed by atoms with van der Waals surface area (Å²) in [7, 11) is 0. The van der Waals surface area contributed by atoms with Crippen LogP contribution in [0, 0.1) is 13.8 Å². The van der Waals surface area contributed by atoms with Crippen LogP contribution in [0.3, 0.4) is 0 Å². The van der Waals surface area contributed by atoms with Crippen molar-refractivity contribution in [2.24, 2.45) is 5.10 Å². The van der Waals surface area contributed by atoms with E-state index in [1.54, 1.807) is 0 Å². The second-order valence-corrected chi connectivity index (χ2v) is 7.56. The molecule has 26 heavy (non-hydrogen) atoms. The van der Waals surface area contributed by atoms with Crippen LogP contribution in [0.1, 0.15) is 48.6 Å². The molecule has 1 aliphatic carbocycles. The van der Waals surface area contributed by atoms with Gasteiger partial charge in [-0.3, -0.25) is 4.79 Å². The van der Waals surface area contributed by atoms with Crippen LogP contribution in [-0.4, -0.2) is 27.3 Å². The second-order valence-electron chi connectivity index (χ2n) is 6.62. The Balaban J connectivity index is 1.44. The molecule has 136 valence electrons. The van der Waals surface area contributed by atoms with E-state index in [0.29, 0.717) is 11.1 Å². The number of hydrogen-bond donors (Lipinski definition) is 1. The molecule has 3 rings (SSSR count). The Morgan fingerprint density at radius 1 is 1.15 bits per heavy atom. The molecule has 6 heteroatoms. The Morgan fingerprint density at radius 2 is 1.81 bits per heavy atom. The standard InChI is InChI=1S/C20H24N4OS/c1-14-12-15(2)22-20(21-14)26-13-19(25)24-23-18-10-8-17(9-11-18)16-6-4-3-5-7-16/h3-7,12,17H,8-11,13H2,1-2H3,(H,24,25). The van der Waals surface area contributed by atoms with Crippen molar-refractivity contribution in [3.8, 4) is 0 Å². The Hall–Kier alpha value is -2.21. The minimum atomic E-state index is -0.115. The molecule has 1 fully saturated rings. The lowest BCUT2D eigenvalue weighted by Crippen LogP contribution is -2.23. The summed E-state index contributed by atoms with van der Waals surface area (Å²) >= 11 is 1.34. The molecular formula is C20H24N4OS. The number of hydrogen-bond acceptors (Lipinski definition) is 5. The van der Waals surface area contributed by atoms with E-state index in [2.05, 4.69) is 50.8 Å². The summed E-state index contributed by atoms with van der Waals surface area (Å²) in [6.45, 7) is 3.85. The van der Waals surface area contributed by atoms with Gasteiger partial charge in [0.2, 0.25) is 0 Å². The molecule has 0 saturated heterocycles. The molecule has 1 amide bonds. The van der Waals surface area contributed by atoms with Crippen LogP contribution in [0.5, 0.6) is 0 Å². The van der Waals surface area contributed by atoms with Crippen LogP contribution in [-0.2, 0) is 4.79 Å². The number of aromatic nitrogens is 2. The maximum Gasteiger partial charge on any atom is 0.250 e. The number of aryl methyl sites for hydroxylation is 2. The van der Waals surface area contributed by atoms with Crippen molar-refractivity contribution in [1.82, 2.24) is 15.4 Å². The van der Waals surface area contributed by atoms with Gasteiger partial charge in [0.05, 0.1) is 5.75 Å². The molecule has 0 bridgehead atoms. The van der Waals surface area contributed by atoms with Crippen molar-refractivity contribution in [3.05, 3.63) is 53.3 Å². The van der Waals surface area contributed by atoms with Gasteiger partial charge < -0.3 is 0 Å². The summed E-state index contributed by atoms with van der Waals surface area (Å²) in [5.74, 6) is 0.755. The zero-order valence-electron chi connectivity index (χ0n) is 15.2. The maximum atomic E-state index is 12.0. The number of hydrazone groups is 1. The van der Waals surface area contributed by atoms with Gasteiger partial charge in [-0.05, 0) is 57.1 Å². The second kappa shape index (κ2) is 8.94. The van der Waals surface area contributed by atoms with Crippen LogP contribution >= 0.6 is 11.8 Å². The number of nitrogens with one attached hydrogen (secondary N) is 1. The number of rotatable bonds is 5.